The first kappa shape index (κ1) is 14.2. The number of hydrogen-bond donors (Lipinski definition) is 2. The van der Waals surface area contributed by atoms with Crippen LogP contribution >= 0.6 is 24.0 Å². The zero-order valence-corrected chi connectivity index (χ0v) is 9.99. The third kappa shape index (κ3) is 4.08. The van der Waals surface area contributed by atoms with E-state index in [0.29, 0.717) is 23.7 Å². The number of nitrogens with one attached hydrogen (secondary N) is 1. The molecule has 0 atom stereocenters. The van der Waals surface area contributed by atoms with Crippen LogP contribution in [0.2, 0.25) is 5.02 Å². The lowest BCUT2D eigenvalue weighted by Gasteiger charge is -2.06. The second-order valence-electron chi connectivity index (χ2n) is 3.00. The van der Waals surface area contributed by atoms with Crippen LogP contribution in [0.4, 0.5) is 0 Å². The molecule has 0 saturated carbocycles. The minimum atomic E-state index is -0.129. The minimum Gasteiger partial charge on any atom is -0.351 e. The van der Waals surface area contributed by atoms with Crippen molar-refractivity contribution in [2.45, 2.75) is 6.92 Å². The van der Waals surface area contributed by atoms with Crippen LogP contribution in [0.15, 0.2) is 18.2 Å². The average Bonchev–Trinajstić information content (AvgIpc) is 2.18. The molecule has 1 aromatic rings. The largest absolute Gasteiger partial charge is 0.351 e. The summed E-state index contributed by atoms with van der Waals surface area (Å²) in [5.74, 6) is -0.129. The van der Waals surface area contributed by atoms with Crippen LogP contribution in [-0.2, 0) is 0 Å². The van der Waals surface area contributed by atoms with E-state index in [-0.39, 0.29) is 18.3 Å². The maximum Gasteiger partial charge on any atom is 0.251 e. The van der Waals surface area contributed by atoms with Gasteiger partial charge in [-0.15, -0.1) is 12.4 Å². The average molecular weight is 249 g/mol. The minimum absolute atomic E-state index is 0. The molecule has 0 spiro atoms. The molecule has 0 saturated heterocycles. The number of nitrogens with two attached hydrogens (primary N) is 1. The molecular weight excluding hydrogens is 235 g/mol. The lowest BCUT2D eigenvalue weighted by Crippen LogP contribution is -2.29. The summed E-state index contributed by atoms with van der Waals surface area (Å²) < 4.78 is 0. The molecule has 3 nitrogen and oxygen atoms in total. The molecular formula is C10H14Cl2N2O. The quantitative estimate of drug-likeness (QED) is 0.857. The Kier molecular flexibility index (Phi) is 6.32. The highest BCUT2D eigenvalue weighted by molar-refractivity contribution is 6.31. The summed E-state index contributed by atoms with van der Waals surface area (Å²) in [6.45, 7) is 2.78. The first-order valence-corrected chi connectivity index (χ1v) is 4.77. The molecule has 0 aliphatic heterocycles. The second kappa shape index (κ2) is 6.67. The Hall–Kier alpha value is -0.770. The Bertz CT molecular complexity index is 342. The fourth-order valence-corrected chi connectivity index (χ4v) is 1.29. The molecule has 0 fully saturated rings. The third-order valence-corrected chi connectivity index (χ3v) is 2.11. The molecule has 1 amide bonds. The molecule has 0 aliphatic carbocycles. The van der Waals surface area contributed by atoms with Crippen molar-refractivity contribution in [3.05, 3.63) is 34.3 Å². The fourth-order valence-electron chi connectivity index (χ4n) is 1.12. The number of benzene rings is 1. The second-order valence-corrected chi connectivity index (χ2v) is 3.44. The number of hydrogen-bond acceptors (Lipinski definition) is 2. The lowest BCUT2D eigenvalue weighted by molar-refractivity contribution is 0.0954. The molecule has 1 aromatic carbocycles. The lowest BCUT2D eigenvalue weighted by atomic mass is 10.1. The zero-order chi connectivity index (χ0) is 10.6. The van der Waals surface area contributed by atoms with Gasteiger partial charge < -0.3 is 11.1 Å². The molecule has 5 heteroatoms. The highest BCUT2D eigenvalue weighted by atomic mass is 35.5. The summed E-state index contributed by atoms with van der Waals surface area (Å²) in [5.41, 5.74) is 6.79. The molecule has 0 unspecified atom stereocenters. The van der Waals surface area contributed by atoms with E-state index in [1.54, 1.807) is 12.1 Å². The van der Waals surface area contributed by atoms with Gasteiger partial charge in [0.1, 0.15) is 0 Å². The van der Waals surface area contributed by atoms with E-state index in [1.165, 1.54) is 0 Å². The first-order valence-electron chi connectivity index (χ1n) is 4.39. The summed E-state index contributed by atoms with van der Waals surface area (Å²) in [6.07, 6.45) is 0. The molecule has 0 aromatic heterocycles. The van der Waals surface area contributed by atoms with Crippen LogP contribution in [0.1, 0.15) is 15.9 Å². The Balaban J connectivity index is 0.00000196. The van der Waals surface area contributed by atoms with Crippen LogP contribution in [0, 0.1) is 6.92 Å². The van der Waals surface area contributed by atoms with Gasteiger partial charge in [0.15, 0.2) is 0 Å². The van der Waals surface area contributed by atoms with Gasteiger partial charge in [-0.2, -0.15) is 0 Å². The van der Waals surface area contributed by atoms with Gasteiger partial charge in [-0.25, -0.2) is 0 Å². The van der Waals surface area contributed by atoms with Gasteiger partial charge in [0.05, 0.1) is 0 Å². The summed E-state index contributed by atoms with van der Waals surface area (Å²) in [5, 5.41) is 3.26. The number of aryl methyl sites for hydroxylation is 1. The van der Waals surface area contributed by atoms with E-state index in [0.717, 1.165) is 5.56 Å². The molecule has 1 rings (SSSR count). The zero-order valence-electron chi connectivity index (χ0n) is 8.42. The van der Waals surface area contributed by atoms with E-state index in [2.05, 4.69) is 5.32 Å². The maximum atomic E-state index is 11.6. The molecule has 0 heterocycles. The van der Waals surface area contributed by atoms with Crippen LogP contribution in [0.5, 0.6) is 0 Å². The standard InChI is InChI=1S/C10H13ClN2O.ClH/c1-7-2-3-8(11)6-9(7)10(14)13-5-4-12;/h2-3,6H,4-5,12H2,1H3,(H,13,14);1H. The Morgan fingerprint density at radius 2 is 2.20 bits per heavy atom. The fraction of sp³-hybridized carbons (Fsp3) is 0.300. The number of rotatable bonds is 3. The molecule has 0 bridgehead atoms. The van der Waals surface area contributed by atoms with Crippen molar-refractivity contribution in [1.29, 1.82) is 0 Å². The SMILES string of the molecule is Cc1ccc(Cl)cc1C(=O)NCCN.Cl. The molecule has 84 valence electrons. The van der Waals surface area contributed by atoms with Crippen molar-refractivity contribution < 1.29 is 4.79 Å². The highest BCUT2D eigenvalue weighted by Crippen LogP contribution is 2.14. The molecule has 3 N–H and O–H groups in total. The Labute approximate surface area is 100 Å². The number of carbonyl (C=O) groups excluding carboxylic acids is 1. The predicted octanol–water partition coefficient (Wildman–Crippen LogP) is 1.76. The van der Waals surface area contributed by atoms with Gasteiger partial charge in [-0.05, 0) is 24.6 Å². The number of amides is 1. The van der Waals surface area contributed by atoms with Crippen molar-refractivity contribution in [1.82, 2.24) is 5.32 Å². The third-order valence-electron chi connectivity index (χ3n) is 1.87. The monoisotopic (exact) mass is 248 g/mol. The summed E-state index contributed by atoms with van der Waals surface area (Å²) in [4.78, 5) is 11.6. The van der Waals surface area contributed by atoms with Crippen LogP contribution in [-0.4, -0.2) is 19.0 Å². The molecule has 15 heavy (non-hydrogen) atoms. The van der Waals surface area contributed by atoms with Crippen LogP contribution < -0.4 is 11.1 Å². The maximum absolute atomic E-state index is 11.6. The molecule has 0 aliphatic rings. The van der Waals surface area contributed by atoms with Gasteiger partial charge >= 0.3 is 0 Å². The first-order chi connectivity index (χ1) is 6.65. The number of halogens is 2. The van der Waals surface area contributed by atoms with E-state index in [9.17, 15) is 4.79 Å². The van der Waals surface area contributed by atoms with Crippen molar-refractivity contribution >= 4 is 29.9 Å². The number of carbonyl (C=O) groups is 1. The van der Waals surface area contributed by atoms with E-state index >= 15 is 0 Å². The summed E-state index contributed by atoms with van der Waals surface area (Å²) in [6, 6.07) is 5.24. The van der Waals surface area contributed by atoms with Gasteiger partial charge in [0, 0.05) is 23.7 Å². The highest BCUT2D eigenvalue weighted by Gasteiger charge is 2.07. The molecule has 0 radical (unpaired) electrons. The van der Waals surface area contributed by atoms with Crippen molar-refractivity contribution in [2.75, 3.05) is 13.1 Å². The van der Waals surface area contributed by atoms with Gasteiger partial charge in [-0.3, -0.25) is 4.79 Å². The Morgan fingerprint density at radius 1 is 1.53 bits per heavy atom. The van der Waals surface area contributed by atoms with Gasteiger partial charge in [-0.1, -0.05) is 17.7 Å². The Morgan fingerprint density at radius 3 is 2.80 bits per heavy atom. The van der Waals surface area contributed by atoms with Gasteiger partial charge in [0.2, 0.25) is 0 Å². The summed E-state index contributed by atoms with van der Waals surface area (Å²) >= 11 is 5.79. The van der Waals surface area contributed by atoms with E-state index in [4.69, 9.17) is 17.3 Å². The van der Waals surface area contributed by atoms with Gasteiger partial charge in [0.25, 0.3) is 5.91 Å². The van der Waals surface area contributed by atoms with Crippen LogP contribution in [0.25, 0.3) is 0 Å². The summed E-state index contributed by atoms with van der Waals surface area (Å²) in [7, 11) is 0. The van der Waals surface area contributed by atoms with Crippen molar-refractivity contribution in [3.8, 4) is 0 Å². The van der Waals surface area contributed by atoms with Crippen molar-refractivity contribution in [3.63, 3.8) is 0 Å². The van der Waals surface area contributed by atoms with E-state index in [1.807, 2.05) is 13.0 Å². The van der Waals surface area contributed by atoms with E-state index < -0.39 is 0 Å². The smallest absolute Gasteiger partial charge is 0.251 e. The normalized spacial score (nSPS) is 9.27. The predicted molar refractivity (Wildman–Crippen MR) is 64.8 cm³/mol. The van der Waals surface area contributed by atoms with Crippen LogP contribution in [0.3, 0.4) is 0 Å². The van der Waals surface area contributed by atoms with Crippen molar-refractivity contribution in [2.24, 2.45) is 5.73 Å². The topological polar surface area (TPSA) is 55.1 Å².